The summed E-state index contributed by atoms with van der Waals surface area (Å²) < 4.78 is 5.43. The van der Waals surface area contributed by atoms with Gasteiger partial charge in [0.05, 0.1) is 6.42 Å². The Kier molecular flexibility index (Phi) is 5.86. The van der Waals surface area contributed by atoms with E-state index in [4.69, 9.17) is 4.74 Å². The van der Waals surface area contributed by atoms with Gasteiger partial charge in [0, 0.05) is 63.1 Å². The Morgan fingerprint density at radius 1 is 1.24 bits per heavy atom. The quantitative estimate of drug-likeness (QED) is 0.858. The van der Waals surface area contributed by atoms with Gasteiger partial charge >= 0.3 is 0 Å². The number of aromatic amines is 1. The van der Waals surface area contributed by atoms with Crippen molar-refractivity contribution in [2.45, 2.75) is 45.6 Å². The van der Waals surface area contributed by atoms with Crippen LogP contribution in [0.15, 0.2) is 4.79 Å². The minimum Gasteiger partial charge on any atom is -0.381 e. The molecule has 2 aliphatic rings. The summed E-state index contributed by atoms with van der Waals surface area (Å²) >= 11 is 0. The van der Waals surface area contributed by atoms with Crippen molar-refractivity contribution in [2.75, 3.05) is 39.4 Å². The number of nitrogens with one attached hydrogen (secondary N) is 1. The van der Waals surface area contributed by atoms with E-state index >= 15 is 0 Å². The normalized spacial score (nSPS) is 20.0. The van der Waals surface area contributed by atoms with Gasteiger partial charge in [-0.1, -0.05) is 6.92 Å². The summed E-state index contributed by atoms with van der Waals surface area (Å²) in [5.74, 6) is 0.690. The Morgan fingerprint density at radius 3 is 2.52 bits per heavy atom. The molecular formula is C18H28N4O3. The molecule has 1 aromatic heterocycles. The van der Waals surface area contributed by atoms with Gasteiger partial charge < -0.3 is 14.6 Å². The molecule has 3 heterocycles. The fourth-order valence-electron chi connectivity index (χ4n) is 3.69. The molecule has 1 aromatic rings. The molecule has 0 bridgehead atoms. The minimum atomic E-state index is -0.182. The molecule has 25 heavy (non-hydrogen) atoms. The van der Waals surface area contributed by atoms with Gasteiger partial charge in [-0.15, -0.1) is 0 Å². The van der Waals surface area contributed by atoms with Crippen LogP contribution in [0.3, 0.4) is 0 Å². The van der Waals surface area contributed by atoms with Gasteiger partial charge in [-0.2, -0.15) is 0 Å². The third kappa shape index (κ3) is 4.27. The second-order valence-electron chi connectivity index (χ2n) is 6.87. The van der Waals surface area contributed by atoms with Crippen LogP contribution in [0.4, 0.5) is 0 Å². The van der Waals surface area contributed by atoms with Crippen LogP contribution in [0.2, 0.25) is 0 Å². The number of nitrogens with zero attached hydrogens (tertiary/aromatic N) is 3. The lowest BCUT2D eigenvalue weighted by Gasteiger charge is -2.40. The van der Waals surface area contributed by atoms with Crippen molar-refractivity contribution >= 4 is 5.91 Å². The molecule has 0 atom stereocenters. The lowest BCUT2D eigenvalue weighted by molar-refractivity contribution is -0.132. The van der Waals surface area contributed by atoms with E-state index in [0.717, 1.165) is 52.2 Å². The Bertz CT molecular complexity index is 659. The Morgan fingerprint density at radius 2 is 1.92 bits per heavy atom. The fourth-order valence-corrected chi connectivity index (χ4v) is 3.69. The minimum absolute atomic E-state index is 0.0197. The number of ether oxygens (including phenoxy) is 1. The molecule has 7 nitrogen and oxygen atoms in total. The highest BCUT2D eigenvalue weighted by atomic mass is 16.5. The average Bonchev–Trinajstić information content (AvgIpc) is 2.65. The van der Waals surface area contributed by atoms with E-state index in [1.165, 1.54) is 0 Å². The molecule has 2 saturated heterocycles. The zero-order chi connectivity index (χ0) is 17.8. The zero-order valence-electron chi connectivity index (χ0n) is 15.2. The number of aryl methyl sites for hydroxylation is 2. The lowest BCUT2D eigenvalue weighted by atomic mass is 10.1. The summed E-state index contributed by atoms with van der Waals surface area (Å²) in [7, 11) is 0. The second kappa shape index (κ2) is 8.10. The smallest absolute Gasteiger partial charge is 0.254 e. The van der Waals surface area contributed by atoms with E-state index in [-0.39, 0.29) is 17.9 Å². The van der Waals surface area contributed by atoms with Crippen LogP contribution in [-0.2, 0) is 22.4 Å². The van der Waals surface area contributed by atoms with Crippen molar-refractivity contribution in [3.05, 3.63) is 27.4 Å². The van der Waals surface area contributed by atoms with E-state index in [0.29, 0.717) is 29.5 Å². The summed E-state index contributed by atoms with van der Waals surface area (Å²) in [5, 5.41) is 0. The van der Waals surface area contributed by atoms with Gasteiger partial charge in [0.15, 0.2) is 0 Å². The predicted octanol–water partition coefficient (Wildman–Crippen LogP) is 0.506. The first-order valence-electron chi connectivity index (χ1n) is 9.26. The maximum absolute atomic E-state index is 12.6. The fraction of sp³-hybridized carbons (Fsp3) is 0.722. The van der Waals surface area contributed by atoms with Crippen LogP contribution in [0.5, 0.6) is 0 Å². The van der Waals surface area contributed by atoms with Gasteiger partial charge in [-0.3, -0.25) is 14.5 Å². The Hall–Kier alpha value is -1.73. The maximum atomic E-state index is 12.6. The number of rotatable bonds is 4. The van der Waals surface area contributed by atoms with Gasteiger partial charge in [-0.25, -0.2) is 4.98 Å². The lowest BCUT2D eigenvalue weighted by Crippen LogP contribution is -2.53. The molecule has 0 radical (unpaired) electrons. The highest BCUT2D eigenvalue weighted by Gasteiger charge is 2.27. The van der Waals surface area contributed by atoms with Crippen molar-refractivity contribution in [2.24, 2.45) is 0 Å². The van der Waals surface area contributed by atoms with Crippen LogP contribution in [0.1, 0.15) is 36.8 Å². The second-order valence-corrected chi connectivity index (χ2v) is 6.87. The molecule has 2 fully saturated rings. The summed E-state index contributed by atoms with van der Waals surface area (Å²) in [6, 6.07) is 0.585. The first kappa shape index (κ1) is 18.1. The number of hydrogen-bond acceptors (Lipinski definition) is 5. The number of hydrogen-bond donors (Lipinski definition) is 1. The van der Waals surface area contributed by atoms with Crippen molar-refractivity contribution in [3.8, 4) is 0 Å². The molecule has 0 spiro atoms. The van der Waals surface area contributed by atoms with E-state index in [9.17, 15) is 9.59 Å². The molecule has 2 aliphatic heterocycles. The van der Waals surface area contributed by atoms with E-state index in [1.807, 2.05) is 11.8 Å². The largest absolute Gasteiger partial charge is 0.381 e. The average molecular weight is 348 g/mol. The third-order valence-electron chi connectivity index (χ3n) is 5.31. The number of carbonyl (C=O) groups is 1. The van der Waals surface area contributed by atoms with Gasteiger partial charge in [0.2, 0.25) is 5.91 Å². The summed E-state index contributed by atoms with van der Waals surface area (Å²) in [6.45, 7) is 8.69. The highest BCUT2D eigenvalue weighted by Crippen LogP contribution is 2.17. The zero-order valence-corrected chi connectivity index (χ0v) is 15.2. The van der Waals surface area contributed by atoms with Crippen molar-refractivity contribution in [1.29, 1.82) is 0 Å². The molecular weight excluding hydrogens is 320 g/mol. The topological polar surface area (TPSA) is 78.5 Å². The summed E-state index contributed by atoms with van der Waals surface area (Å²) in [6.07, 6.45) is 2.98. The predicted molar refractivity (Wildman–Crippen MR) is 94.7 cm³/mol. The number of H-pyrrole nitrogens is 1. The first-order valence-corrected chi connectivity index (χ1v) is 9.26. The van der Waals surface area contributed by atoms with Crippen molar-refractivity contribution < 1.29 is 9.53 Å². The molecule has 3 rings (SSSR count). The number of carbonyl (C=O) groups excluding carboxylic acids is 1. The van der Waals surface area contributed by atoms with Crippen LogP contribution in [-0.4, -0.2) is 71.1 Å². The van der Waals surface area contributed by atoms with E-state index in [2.05, 4.69) is 14.9 Å². The molecule has 0 aromatic carbocycles. The SMILES string of the molecule is CCc1nc(C)c(CC(=O)N2CCN(C3CCOCC3)CC2)c(=O)[nH]1. The number of aromatic nitrogens is 2. The maximum Gasteiger partial charge on any atom is 0.254 e. The van der Waals surface area contributed by atoms with Crippen LogP contribution >= 0.6 is 0 Å². The first-order chi connectivity index (χ1) is 12.1. The molecule has 7 heteroatoms. The monoisotopic (exact) mass is 348 g/mol. The summed E-state index contributed by atoms with van der Waals surface area (Å²) in [5.41, 5.74) is 0.974. The van der Waals surface area contributed by atoms with E-state index < -0.39 is 0 Å². The molecule has 1 N–H and O–H groups in total. The van der Waals surface area contributed by atoms with Gasteiger partial charge in [0.25, 0.3) is 5.56 Å². The van der Waals surface area contributed by atoms with Crippen LogP contribution in [0, 0.1) is 6.92 Å². The highest BCUT2D eigenvalue weighted by molar-refractivity contribution is 5.79. The molecule has 138 valence electrons. The molecule has 0 aliphatic carbocycles. The van der Waals surface area contributed by atoms with E-state index in [1.54, 1.807) is 6.92 Å². The summed E-state index contributed by atoms with van der Waals surface area (Å²) in [4.78, 5) is 36.3. The standard InChI is InChI=1S/C18H28N4O3/c1-3-16-19-13(2)15(18(24)20-16)12-17(23)22-8-6-21(7-9-22)14-4-10-25-11-5-14/h14H,3-12H2,1-2H3,(H,19,20,24). The van der Waals surface area contributed by atoms with Crippen LogP contribution in [0.25, 0.3) is 0 Å². The Labute approximate surface area is 148 Å². The van der Waals surface area contributed by atoms with Crippen molar-refractivity contribution in [1.82, 2.24) is 19.8 Å². The van der Waals surface area contributed by atoms with Gasteiger partial charge in [0.1, 0.15) is 5.82 Å². The van der Waals surface area contributed by atoms with Gasteiger partial charge in [-0.05, 0) is 19.8 Å². The number of amides is 1. The number of piperazine rings is 1. The third-order valence-corrected chi connectivity index (χ3v) is 5.31. The van der Waals surface area contributed by atoms with Crippen LogP contribution < -0.4 is 5.56 Å². The molecule has 0 saturated carbocycles. The van der Waals surface area contributed by atoms with Crippen molar-refractivity contribution in [3.63, 3.8) is 0 Å². The molecule has 0 unspecified atom stereocenters. The molecule has 1 amide bonds. The Balaban J connectivity index is 1.57.